The van der Waals surface area contributed by atoms with E-state index in [0.717, 1.165) is 18.1 Å². The highest BCUT2D eigenvalue weighted by molar-refractivity contribution is 5.04. The van der Waals surface area contributed by atoms with E-state index in [1.54, 1.807) is 0 Å². The number of fused-ring (bicyclic) bond motifs is 2. The lowest BCUT2D eigenvalue weighted by Crippen LogP contribution is -2.44. The van der Waals surface area contributed by atoms with Gasteiger partial charge in [0.25, 0.3) is 0 Å². The van der Waals surface area contributed by atoms with Crippen LogP contribution in [0.4, 0.5) is 0 Å². The molecule has 0 aromatic heterocycles. The molecule has 2 heteroatoms. The molecular formula is C9H15N2-. The molecule has 3 aliphatic rings. The summed E-state index contributed by atoms with van der Waals surface area (Å²) in [7, 11) is 4.04. The molecule has 2 bridgehead atoms. The minimum absolute atomic E-state index is 0.792. The van der Waals surface area contributed by atoms with Crippen molar-refractivity contribution in [3.8, 4) is 0 Å². The maximum Gasteiger partial charge on any atom is 0.0217 e. The topological polar surface area (TPSA) is 6.48 Å². The van der Waals surface area contributed by atoms with Gasteiger partial charge in [-0.3, -0.25) is 11.9 Å². The fraction of sp³-hybridized carbons (Fsp3) is 0.889. The maximum absolute atomic E-state index is 4.04. The van der Waals surface area contributed by atoms with E-state index in [0.29, 0.717) is 0 Å². The molecule has 2 unspecified atom stereocenters. The van der Waals surface area contributed by atoms with Crippen LogP contribution >= 0.6 is 0 Å². The van der Waals surface area contributed by atoms with E-state index in [2.05, 4.69) is 16.8 Å². The summed E-state index contributed by atoms with van der Waals surface area (Å²) in [6.07, 6.45) is 4.31. The second-order valence-electron chi connectivity index (χ2n) is 4.24. The summed E-state index contributed by atoms with van der Waals surface area (Å²) in [6, 6.07) is 2.63. The van der Waals surface area contributed by atoms with Crippen LogP contribution in [0.25, 0.3) is 0 Å². The van der Waals surface area contributed by atoms with Crippen LogP contribution in [0.15, 0.2) is 0 Å². The Kier molecular flexibility index (Phi) is 1.16. The van der Waals surface area contributed by atoms with Gasteiger partial charge in [-0.05, 0) is 31.8 Å². The molecule has 0 aromatic rings. The summed E-state index contributed by atoms with van der Waals surface area (Å²) in [5.41, 5.74) is 0. The van der Waals surface area contributed by atoms with Gasteiger partial charge in [-0.2, -0.15) is 0 Å². The van der Waals surface area contributed by atoms with Crippen molar-refractivity contribution in [1.29, 1.82) is 0 Å². The Morgan fingerprint density at radius 2 is 1.82 bits per heavy atom. The van der Waals surface area contributed by atoms with E-state index in [1.165, 1.54) is 32.4 Å². The standard InChI is InChI=1S/C9H15N2/c1-10-5-9-4-8(10)6-11(9)7-2-3-7/h7-9H,1-6H2/q-1. The molecule has 3 rings (SSSR count). The third-order valence-electron chi connectivity index (χ3n) is 3.41. The predicted molar refractivity (Wildman–Crippen MR) is 44.0 cm³/mol. The Labute approximate surface area is 68.2 Å². The minimum Gasteiger partial charge on any atom is -0.454 e. The second-order valence-corrected chi connectivity index (χ2v) is 4.24. The molecule has 0 N–H and O–H groups in total. The predicted octanol–water partition coefficient (Wildman–Crippen LogP) is 0.699. The molecule has 0 amide bonds. The van der Waals surface area contributed by atoms with Crippen LogP contribution in [0.1, 0.15) is 19.3 Å². The first-order valence-electron chi connectivity index (χ1n) is 4.67. The lowest BCUT2D eigenvalue weighted by Gasteiger charge is -2.36. The molecule has 11 heavy (non-hydrogen) atoms. The third-order valence-corrected chi connectivity index (χ3v) is 3.41. The Hall–Kier alpha value is -0.0800. The van der Waals surface area contributed by atoms with Gasteiger partial charge >= 0.3 is 0 Å². The van der Waals surface area contributed by atoms with E-state index in [-0.39, 0.29) is 0 Å². The van der Waals surface area contributed by atoms with Crippen LogP contribution in [0.5, 0.6) is 0 Å². The van der Waals surface area contributed by atoms with Crippen LogP contribution in [-0.2, 0) is 0 Å². The molecule has 2 atom stereocenters. The Morgan fingerprint density at radius 1 is 1.00 bits per heavy atom. The highest BCUT2D eigenvalue weighted by atomic mass is 15.4. The third kappa shape index (κ3) is 0.859. The van der Waals surface area contributed by atoms with Gasteiger partial charge in [-0.1, -0.05) is 0 Å². The number of likely N-dealkylation sites (tertiary alicyclic amines) is 2. The summed E-state index contributed by atoms with van der Waals surface area (Å²) in [5, 5.41) is 0. The van der Waals surface area contributed by atoms with E-state index in [9.17, 15) is 0 Å². The molecule has 3 fully saturated rings. The van der Waals surface area contributed by atoms with E-state index in [1.807, 2.05) is 0 Å². The number of hydrogen-bond acceptors (Lipinski definition) is 2. The van der Waals surface area contributed by atoms with Gasteiger partial charge in [0.15, 0.2) is 0 Å². The van der Waals surface area contributed by atoms with Crippen LogP contribution < -0.4 is 0 Å². The van der Waals surface area contributed by atoms with Gasteiger partial charge in [-0.25, -0.2) is 0 Å². The Morgan fingerprint density at radius 3 is 2.27 bits per heavy atom. The molecule has 2 heterocycles. The van der Waals surface area contributed by atoms with E-state index < -0.39 is 0 Å². The van der Waals surface area contributed by atoms with Crippen LogP contribution in [-0.4, -0.2) is 41.0 Å². The zero-order chi connectivity index (χ0) is 7.42. The molecule has 1 aliphatic carbocycles. The number of rotatable bonds is 1. The van der Waals surface area contributed by atoms with Gasteiger partial charge in [0.1, 0.15) is 0 Å². The number of piperazine rings is 1. The number of hydrogen-bond donors (Lipinski definition) is 0. The summed E-state index contributed by atoms with van der Waals surface area (Å²) in [6.45, 7) is 2.53. The van der Waals surface area contributed by atoms with E-state index in [4.69, 9.17) is 0 Å². The van der Waals surface area contributed by atoms with Crippen LogP contribution in [0.2, 0.25) is 0 Å². The minimum atomic E-state index is 0.792. The summed E-state index contributed by atoms with van der Waals surface area (Å²) < 4.78 is 0. The zero-order valence-corrected chi connectivity index (χ0v) is 6.87. The highest BCUT2D eigenvalue weighted by Gasteiger charge is 2.44. The molecule has 62 valence electrons. The first-order valence-corrected chi connectivity index (χ1v) is 4.67. The maximum atomic E-state index is 4.04. The van der Waals surface area contributed by atoms with Crippen LogP contribution in [0.3, 0.4) is 0 Å². The molecule has 2 nitrogen and oxygen atoms in total. The van der Waals surface area contributed by atoms with Gasteiger partial charge in [0.05, 0.1) is 0 Å². The highest BCUT2D eigenvalue weighted by Crippen LogP contribution is 2.38. The van der Waals surface area contributed by atoms with Crippen molar-refractivity contribution >= 4 is 0 Å². The normalized spacial score (nSPS) is 45.5. The van der Waals surface area contributed by atoms with Crippen molar-refractivity contribution in [2.75, 3.05) is 13.1 Å². The molecule has 0 aromatic carbocycles. The first kappa shape index (κ1) is 6.44. The molecule has 0 spiro atoms. The number of nitrogens with zero attached hydrogens (tertiary/aromatic N) is 2. The van der Waals surface area contributed by atoms with Gasteiger partial charge in [0.2, 0.25) is 0 Å². The first-order chi connectivity index (χ1) is 5.34. The van der Waals surface area contributed by atoms with E-state index >= 15 is 0 Å². The SMILES string of the molecule is [CH2-]N1CC2CC1CN2C1CC1. The van der Waals surface area contributed by atoms with Crippen molar-refractivity contribution in [3.63, 3.8) is 0 Å². The van der Waals surface area contributed by atoms with Gasteiger partial charge < -0.3 is 4.90 Å². The largest absolute Gasteiger partial charge is 0.454 e. The van der Waals surface area contributed by atoms with Crippen LogP contribution in [0, 0.1) is 7.05 Å². The fourth-order valence-corrected chi connectivity index (χ4v) is 2.63. The fourth-order valence-electron chi connectivity index (χ4n) is 2.63. The second kappa shape index (κ2) is 1.99. The molecule has 2 saturated heterocycles. The summed E-state index contributed by atoms with van der Waals surface area (Å²) >= 11 is 0. The van der Waals surface area contributed by atoms with Crippen molar-refractivity contribution < 1.29 is 0 Å². The zero-order valence-electron chi connectivity index (χ0n) is 6.87. The summed E-state index contributed by atoms with van der Waals surface area (Å²) in [4.78, 5) is 5.00. The molecule has 2 aliphatic heterocycles. The Balaban J connectivity index is 1.75. The molecule has 1 saturated carbocycles. The van der Waals surface area contributed by atoms with Crippen molar-refractivity contribution in [1.82, 2.24) is 9.80 Å². The van der Waals surface area contributed by atoms with Gasteiger partial charge in [0, 0.05) is 18.6 Å². The quantitative estimate of drug-likeness (QED) is 0.509. The van der Waals surface area contributed by atoms with Crippen molar-refractivity contribution in [2.24, 2.45) is 0 Å². The smallest absolute Gasteiger partial charge is 0.0217 e. The molecular weight excluding hydrogens is 136 g/mol. The van der Waals surface area contributed by atoms with Crippen molar-refractivity contribution in [3.05, 3.63) is 7.05 Å². The lowest BCUT2D eigenvalue weighted by atomic mass is 10.2. The molecule has 0 radical (unpaired) electrons. The lowest BCUT2D eigenvalue weighted by molar-refractivity contribution is 0.154. The van der Waals surface area contributed by atoms with Crippen molar-refractivity contribution in [2.45, 2.75) is 37.4 Å². The monoisotopic (exact) mass is 151 g/mol. The Bertz CT molecular complexity index is 174. The van der Waals surface area contributed by atoms with Gasteiger partial charge in [-0.15, -0.1) is 0 Å². The summed E-state index contributed by atoms with van der Waals surface area (Å²) in [5.74, 6) is 0. The average molecular weight is 151 g/mol. The average Bonchev–Trinajstić information content (AvgIpc) is 2.67.